The number of non-ortho nitro benzene ring substituents is 1. The first-order valence-electron chi connectivity index (χ1n) is 5.45. The summed E-state index contributed by atoms with van der Waals surface area (Å²) in [6, 6.07) is 5.72. The van der Waals surface area contributed by atoms with E-state index in [1.54, 1.807) is 6.07 Å². The lowest BCUT2D eigenvalue weighted by Gasteiger charge is -2.09. The molecule has 1 saturated carbocycles. The number of carbonyl (C=O) groups excluding carboxylic acids is 1. The maximum absolute atomic E-state index is 11.9. The normalized spacial score (nSPS) is 16.5. The fraction of sp³-hybridized carbons (Fsp3) is 0.417. The summed E-state index contributed by atoms with van der Waals surface area (Å²) in [5.41, 5.74) is 0.00504. The first-order chi connectivity index (χ1) is 8.06. The predicted molar refractivity (Wildman–Crippen MR) is 60.8 cm³/mol. The SMILES string of the molecule is O=C(CC1(CO)CC1)c1cccc([N+](=O)[O-])c1. The van der Waals surface area contributed by atoms with Gasteiger partial charge >= 0.3 is 0 Å². The average Bonchev–Trinajstić information content (AvgIpc) is 3.09. The minimum atomic E-state index is -0.518. The van der Waals surface area contributed by atoms with Crippen LogP contribution in [0.3, 0.4) is 0 Å². The summed E-state index contributed by atoms with van der Waals surface area (Å²) in [4.78, 5) is 22.0. The van der Waals surface area contributed by atoms with Crippen LogP contribution in [0.25, 0.3) is 0 Å². The van der Waals surface area contributed by atoms with Crippen LogP contribution in [0.15, 0.2) is 24.3 Å². The van der Waals surface area contributed by atoms with E-state index in [4.69, 9.17) is 5.11 Å². The van der Waals surface area contributed by atoms with E-state index in [0.717, 1.165) is 12.8 Å². The van der Waals surface area contributed by atoms with Gasteiger partial charge in [0.05, 0.1) is 4.92 Å². The molecule has 0 radical (unpaired) electrons. The third-order valence-corrected chi connectivity index (χ3v) is 3.21. The number of aliphatic hydroxyl groups is 1. The molecule has 0 amide bonds. The van der Waals surface area contributed by atoms with Crippen molar-refractivity contribution in [3.8, 4) is 0 Å². The molecule has 0 saturated heterocycles. The molecule has 2 rings (SSSR count). The number of benzene rings is 1. The van der Waals surface area contributed by atoms with Crippen molar-refractivity contribution in [1.29, 1.82) is 0 Å². The molecule has 90 valence electrons. The number of carbonyl (C=O) groups is 1. The standard InChI is InChI=1S/C12H13NO4/c14-8-12(4-5-12)7-11(15)9-2-1-3-10(6-9)13(16)17/h1-3,6,14H,4-5,7-8H2. The van der Waals surface area contributed by atoms with Crippen LogP contribution >= 0.6 is 0 Å². The summed E-state index contributed by atoms with van der Waals surface area (Å²) in [5, 5.41) is 19.7. The van der Waals surface area contributed by atoms with Crippen LogP contribution in [0.2, 0.25) is 0 Å². The lowest BCUT2D eigenvalue weighted by Crippen LogP contribution is -2.13. The Morgan fingerprint density at radius 1 is 1.47 bits per heavy atom. The molecule has 5 heteroatoms. The highest BCUT2D eigenvalue weighted by Crippen LogP contribution is 2.48. The lowest BCUT2D eigenvalue weighted by molar-refractivity contribution is -0.384. The number of rotatable bonds is 5. The van der Waals surface area contributed by atoms with Crippen molar-refractivity contribution in [2.24, 2.45) is 5.41 Å². The van der Waals surface area contributed by atoms with Gasteiger partial charge in [-0.3, -0.25) is 14.9 Å². The topological polar surface area (TPSA) is 80.4 Å². The van der Waals surface area contributed by atoms with Crippen molar-refractivity contribution in [3.63, 3.8) is 0 Å². The number of hydrogen-bond acceptors (Lipinski definition) is 4. The summed E-state index contributed by atoms with van der Waals surface area (Å²) in [6.45, 7) is 0.00761. The first kappa shape index (κ1) is 11.7. The average molecular weight is 235 g/mol. The van der Waals surface area contributed by atoms with Gasteiger partial charge in [-0.15, -0.1) is 0 Å². The van der Waals surface area contributed by atoms with E-state index in [1.807, 2.05) is 0 Å². The fourth-order valence-electron chi connectivity index (χ4n) is 1.80. The summed E-state index contributed by atoms with van der Waals surface area (Å²) >= 11 is 0. The van der Waals surface area contributed by atoms with Gasteiger partial charge in [0.25, 0.3) is 5.69 Å². The Morgan fingerprint density at radius 3 is 2.71 bits per heavy atom. The Kier molecular flexibility index (Phi) is 2.93. The molecule has 0 spiro atoms. The zero-order valence-corrected chi connectivity index (χ0v) is 9.26. The van der Waals surface area contributed by atoms with Crippen molar-refractivity contribution in [1.82, 2.24) is 0 Å². The molecule has 0 aliphatic heterocycles. The highest BCUT2D eigenvalue weighted by molar-refractivity contribution is 5.97. The maximum atomic E-state index is 11.9. The Bertz CT molecular complexity index is 465. The van der Waals surface area contributed by atoms with Crippen LogP contribution in [-0.2, 0) is 0 Å². The zero-order chi connectivity index (χ0) is 12.5. The van der Waals surface area contributed by atoms with Crippen LogP contribution in [0.1, 0.15) is 29.6 Å². The maximum Gasteiger partial charge on any atom is 0.270 e. The molecular weight excluding hydrogens is 222 g/mol. The molecular formula is C12H13NO4. The van der Waals surface area contributed by atoms with E-state index < -0.39 is 4.92 Å². The van der Waals surface area contributed by atoms with E-state index in [-0.39, 0.29) is 29.9 Å². The van der Waals surface area contributed by atoms with Crippen molar-refractivity contribution < 1.29 is 14.8 Å². The molecule has 0 aromatic heterocycles. The predicted octanol–water partition coefficient (Wildman–Crippen LogP) is 1.94. The van der Waals surface area contributed by atoms with Crippen LogP contribution < -0.4 is 0 Å². The number of nitro groups is 1. The van der Waals surface area contributed by atoms with Crippen molar-refractivity contribution in [3.05, 3.63) is 39.9 Å². The highest BCUT2D eigenvalue weighted by Gasteiger charge is 2.43. The first-order valence-corrected chi connectivity index (χ1v) is 5.45. The van der Waals surface area contributed by atoms with Gasteiger partial charge in [-0.2, -0.15) is 0 Å². The van der Waals surface area contributed by atoms with E-state index in [0.29, 0.717) is 5.56 Å². The largest absolute Gasteiger partial charge is 0.396 e. The van der Waals surface area contributed by atoms with Gasteiger partial charge in [-0.1, -0.05) is 12.1 Å². The van der Waals surface area contributed by atoms with E-state index >= 15 is 0 Å². The van der Waals surface area contributed by atoms with Crippen LogP contribution in [0.4, 0.5) is 5.69 Å². The number of hydrogen-bond donors (Lipinski definition) is 1. The number of nitrogens with zero attached hydrogens (tertiary/aromatic N) is 1. The Morgan fingerprint density at radius 2 is 2.18 bits per heavy atom. The third-order valence-electron chi connectivity index (χ3n) is 3.21. The highest BCUT2D eigenvalue weighted by atomic mass is 16.6. The zero-order valence-electron chi connectivity index (χ0n) is 9.26. The van der Waals surface area contributed by atoms with Crippen LogP contribution in [0.5, 0.6) is 0 Å². The van der Waals surface area contributed by atoms with E-state index in [2.05, 4.69) is 0 Å². The van der Waals surface area contributed by atoms with Gasteiger partial charge in [-0.25, -0.2) is 0 Å². The van der Waals surface area contributed by atoms with Gasteiger partial charge in [0.15, 0.2) is 5.78 Å². The monoisotopic (exact) mass is 235 g/mol. The van der Waals surface area contributed by atoms with E-state index in [9.17, 15) is 14.9 Å². The molecule has 1 N–H and O–H groups in total. The van der Waals surface area contributed by atoms with Gasteiger partial charge < -0.3 is 5.11 Å². The second-order valence-electron chi connectivity index (χ2n) is 4.57. The summed E-state index contributed by atoms with van der Waals surface area (Å²) in [7, 11) is 0. The van der Waals surface area contributed by atoms with E-state index in [1.165, 1.54) is 18.2 Å². The molecule has 17 heavy (non-hydrogen) atoms. The minimum Gasteiger partial charge on any atom is -0.396 e. The number of aliphatic hydroxyl groups excluding tert-OH is 1. The lowest BCUT2D eigenvalue weighted by atomic mass is 9.96. The molecule has 0 atom stereocenters. The summed E-state index contributed by atoms with van der Waals surface area (Å²) in [5.74, 6) is -0.139. The Labute approximate surface area is 98.2 Å². The minimum absolute atomic E-state index is 0.00761. The second kappa shape index (κ2) is 4.25. The van der Waals surface area contributed by atoms with Crippen molar-refractivity contribution >= 4 is 11.5 Å². The fourth-order valence-corrected chi connectivity index (χ4v) is 1.80. The molecule has 0 bridgehead atoms. The molecule has 1 aliphatic carbocycles. The van der Waals surface area contributed by atoms with Crippen LogP contribution in [0, 0.1) is 15.5 Å². The second-order valence-corrected chi connectivity index (χ2v) is 4.57. The molecule has 5 nitrogen and oxygen atoms in total. The van der Waals surface area contributed by atoms with Gasteiger partial charge in [0.1, 0.15) is 0 Å². The third kappa shape index (κ3) is 2.50. The van der Waals surface area contributed by atoms with Crippen molar-refractivity contribution in [2.75, 3.05) is 6.61 Å². The molecule has 1 aromatic rings. The smallest absolute Gasteiger partial charge is 0.270 e. The molecule has 0 heterocycles. The van der Waals surface area contributed by atoms with Crippen molar-refractivity contribution in [2.45, 2.75) is 19.3 Å². The van der Waals surface area contributed by atoms with Gasteiger partial charge in [0, 0.05) is 36.1 Å². The quantitative estimate of drug-likeness (QED) is 0.480. The summed E-state index contributed by atoms with van der Waals surface area (Å²) in [6.07, 6.45) is 1.97. The number of ketones is 1. The Balaban J connectivity index is 2.14. The van der Waals surface area contributed by atoms with Gasteiger partial charge in [0.2, 0.25) is 0 Å². The van der Waals surface area contributed by atoms with Gasteiger partial charge in [-0.05, 0) is 12.8 Å². The molecule has 1 fully saturated rings. The Hall–Kier alpha value is -1.75. The molecule has 1 aromatic carbocycles. The number of nitro benzene ring substituents is 1. The molecule has 0 unspecified atom stereocenters. The van der Waals surface area contributed by atoms with Crippen LogP contribution in [-0.4, -0.2) is 22.4 Å². The number of Topliss-reactive ketones (excluding diaryl/α,β-unsaturated/α-hetero) is 1. The summed E-state index contributed by atoms with van der Waals surface area (Å²) < 4.78 is 0. The molecule has 1 aliphatic rings.